The number of fused-ring (bicyclic) bond motifs is 5. The lowest BCUT2D eigenvalue weighted by Crippen LogP contribution is -2.53. The van der Waals surface area contributed by atoms with Gasteiger partial charge in [0.15, 0.2) is 5.96 Å². The molecular formula is C31H38N4O4. The van der Waals surface area contributed by atoms with Crippen molar-refractivity contribution in [1.29, 1.82) is 0 Å². The van der Waals surface area contributed by atoms with Crippen LogP contribution in [0.4, 0.5) is 0 Å². The van der Waals surface area contributed by atoms with Crippen molar-refractivity contribution in [2.75, 3.05) is 0 Å². The molecule has 0 saturated carbocycles. The van der Waals surface area contributed by atoms with Gasteiger partial charge in [0, 0.05) is 11.1 Å². The number of aryl methyl sites for hydroxylation is 2. The van der Waals surface area contributed by atoms with E-state index in [-0.39, 0.29) is 23.8 Å². The molecule has 0 fully saturated rings. The molecule has 0 spiro atoms. The van der Waals surface area contributed by atoms with E-state index in [9.17, 15) is 14.7 Å². The number of aliphatic hydroxyl groups is 1. The second-order valence-electron chi connectivity index (χ2n) is 12.1. The summed E-state index contributed by atoms with van der Waals surface area (Å²) >= 11 is 0. The number of nitrogens with one attached hydrogen (secondary N) is 1. The molecule has 4 N–H and O–H groups in total. The van der Waals surface area contributed by atoms with E-state index in [2.05, 4.69) is 18.3 Å². The summed E-state index contributed by atoms with van der Waals surface area (Å²) in [5.74, 6) is 0.695. The molecule has 4 aliphatic heterocycles. The van der Waals surface area contributed by atoms with Crippen molar-refractivity contribution in [1.82, 2.24) is 10.2 Å². The Hall–Kier alpha value is -3.39. The molecule has 0 aromatic heterocycles. The van der Waals surface area contributed by atoms with Gasteiger partial charge >= 0.3 is 0 Å². The van der Waals surface area contributed by atoms with E-state index < -0.39 is 23.3 Å². The monoisotopic (exact) mass is 530 g/mol. The molecule has 39 heavy (non-hydrogen) atoms. The Labute approximate surface area is 229 Å². The lowest BCUT2D eigenvalue weighted by atomic mass is 9.83. The first kappa shape index (κ1) is 25.9. The number of carbonyl (C=O) groups excluding carboxylic acids is 2. The normalized spacial score (nSPS) is 29.7. The fraction of sp³-hybridized carbons (Fsp3) is 0.516. The summed E-state index contributed by atoms with van der Waals surface area (Å²) in [7, 11) is 0. The van der Waals surface area contributed by atoms with Crippen LogP contribution in [0.3, 0.4) is 0 Å². The second-order valence-corrected chi connectivity index (χ2v) is 12.1. The summed E-state index contributed by atoms with van der Waals surface area (Å²) in [6.45, 7) is 5.75. The summed E-state index contributed by atoms with van der Waals surface area (Å²) in [5, 5.41) is 14.4. The number of guanidine groups is 1. The fourth-order valence-corrected chi connectivity index (χ4v) is 6.85. The predicted molar refractivity (Wildman–Crippen MR) is 149 cm³/mol. The summed E-state index contributed by atoms with van der Waals surface area (Å²) in [6, 6.07) is 10.9. The maximum absolute atomic E-state index is 13.6. The maximum Gasteiger partial charge on any atom is 0.251 e. The van der Waals surface area contributed by atoms with E-state index in [1.807, 2.05) is 44.2 Å². The third-order valence-corrected chi connectivity index (χ3v) is 9.23. The lowest BCUT2D eigenvalue weighted by Gasteiger charge is -2.42. The number of hydrogen-bond donors (Lipinski definition) is 3. The van der Waals surface area contributed by atoms with Crippen molar-refractivity contribution in [3.8, 4) is 5.75 Å². The number of amides is 2. The van der Waals surface area contributed by atoms with Crippen LogP contribution in [-0.4, -0.2) is 45.0 Å². The largest absolute Gasteiger partial charge is 0.485 e. The van der Waals surface area contributed by atoms with E-state index in [0.717, 1.165) is 67.2 Å². The first-order chi connectivity index (χ1) is 18.6. The van der Waals surface area contributed by atoms with E-state index in [4.69, 9.17) is 15.5 Å². The Morgan fingerprint density at radius 3 is 2.72 bits per heavy atom. The molecule has 8 nitrogen and oxygen atoms in total. The van der Waals surface area contributed by atoms with E-state index in [0.29, 0.717) is 17.7 Å². The van der Waals surface area contributed by atoms with Crippen molar-refractivity contribution in [3.05, 3.63) is 64.2 Å². The van der Waals surface area contributed by atoms with Crippen LogP contribution in [0.5, 0.6) is 5.75 Å². The molecule has 2 aromatic carbocycles. The molecule has 0 radical (unpaired) electrons. The van der Waals surface area contributed by atoms with Crippen LogP contribution >= 0.6 is 0 Å². The second kappa shape index (κ2) is 9.37. The minimum Gasteiger partial charge on any atom is -0.485 e. The number of carbonyl (C=O) groups is 2. The van der Waals surface area contributed by atoms with Gasteiger partial charge in [0.05, 0.1) is 24.0 Å². The molecule has 206 valence electrons. The standard InChI is InChI=1S/C31H38N4O4/c1-4-31-14-6-5-7-18-8-13-24-22(15-18)26(27(37)30(2,3)39-24)33-28(38)20-10-9-19-11-12-23(21(19)16-20)35(25(36)17-31)29(32)34-31/h8-10,13,15-16,23,26-27,37H,4-7,11-12,14,17H2,1-3H3,(H2,32,34)(H,33,38)/t23-,26-,27+,31-/m1/s1. The average Bonchev–Trinajstić information content (AvgIpc) is 3.31. The number of aliphatic hydroxyl groups excluding tert-OH is 1. The van der Waals surface area contributed by atoms with Gasteiger partial charge in [-0.1, -0.05) is 25.5 Å². The van der Waals surface area contributed by atoms with E-state index in [1.165, 1.54) is 0 Å². The number of benzene rings is 2. The van der Waals surface area contributed by atoms with Crippen LogP contribution in [0, 0.1) is 0 Å². The Bertz CT molecular complexity index is 1370. The van der Waals surface area contributed by atoms with Gasteiger partial charge in [0.1, 0.15) is 17.5 Å². The topological polar surface area (TPSA) is 117 Å². The number of hydrogen-bond acceptors (Lipinski definition) is 6. The highest BCUT2D eigenvalue weighted by Gasteiger charge is 2.45. The zero-order valence-electron chi connectivity index (χ0n) is 23.0. The van der Waals surface area contributed by atoms with Gasteiger partial charge < -0.3 is 20.9 Å². The Morgan fingerprint density at radius 1 is 1.13 bits per heavy atom. The average molecular weight is 531 g/mol. The molecule has 0 unspecified atom stereocenters. The molecule has 1 aliphatic carbocycles. The van der Waals surface area contributed by atoms with Crippen LogP contribution in [-0.2, 0) is 17.6 Å². The first-order valence-corrected chi connectivity index (χ1v) is 14.2. The molecule has 6 bridgehead atoms. The quantitative estimate of drug-likeness (QED) is 0.513. The molecule has 2 amide bonds. The van der Waals surface area contributed by atoms with Crippen LogP contribution in [0.15, 0.2) is 41.4 Å². The zero-order valence-corrected chi connectivity index (χ0v) is 23.0. The van der Waals surface area contributed by atoms with Crippen LogP contribution < -0.4 is 15.8 Å². The molecule has 4 heterocycles. The van der Waals surface area contributed by atoms with Crippen molar-refractivity contribution in [2.45, 2.75) is 101 Å². The zero-order chi connectivity index (χ0) is 27.5. The molecule has 5 aliphatic rings. The SMILES string of the molecule is CC[C@@]12CCCCc3ccc4c(c3)[C@@H](NC(=O)c3ccc5c(c3)[C@@H](CC5)N(C(=O)C1)C(N)=N2)[C@H](O)C(C)(C)O4. The van der Waals surface area contributed by atoms with Gasteiger partial charge in [-0.15, -0.1) is 0 Å². The van der Waals surface area contributed by atoms with Crippen molar-refractivity contribution >= 4 is 17.8 Å². The highest BCUT2D eigenvalue weighted by molar-refractivity contribution is 6.00. The van der Waals surface area contributed by atoms with Crippen LogP contribution in [0.2, 0.25) is 0 Å². The molecular weight excluding hydrogens is 492 g/mol. The molecule has 4 atom stereocenters. The number of aliphatic imine (C=N–C) groups is 1. The van der Waals surface area contributed by atoms with Crippen LogP contribution in [0.1, 0.15) is 104 Å². The summed E-state index contributed by atoms with van der Waals surface area (Å²) in [4.78, 5) is 33.8. The third-order valence-electron chi connectivity index (χ3n) is 9.23. The van der Waals surface area contributed by atoms with Crippen LogP contribution in [0.25, 0.3) is 0 Å². The summed E-state index contributed by atoms with van der Waals surface area (Å²) in [5.41, 5.74) is 9.62. The number of nitrogens with two attached hydrogens (primary N) is 1. The van der Waals surface area contributed by atoms with Crippen molar-refractivity contribution < 1.29 is 19.4 Å². The van der Waals surface area contributed by atoms with Crippen molar-refractivity contribution in [2.24, 2.45) is 10.7 Å². The van der Waals surface area contributed by atoms with Gasteiger partial charge in [0.25, 0.3) is 5.91 Å². The van der Waals surface area contributed by atoms with Crippen molar-refractivity contribution in [3.63, 3.8) is 0 Å². The predicted octanol–water partition coefficient (Wildman–Crippen LogP) is 4.10. The maximum atomic E-state index is 13.6. The fourth-order valence-electron chi connectivity index (χ4n) is 6.85. The third kappa shape index (κ3) is 4.39. The van der Waals surface area contributed by atoms with Gasteiger partial charge in [0.2, 0.25) is 5.91 Å². The Kier molecular flexibility index (Phi) is 6.21. The number of ether oxygens (including phenoxy) is 1. The molecule has 8 heteroatoms. The molecule has 7 rings (SSSR count). The highest BCUT2D eigenvalue weighted by atomic mass is 16.5. The number of rotatable bonds is 1. The first-order valence-electron chi connectivity index (χ1n) is 14.2. The Balaban J connectivity index is 1.44. The molecule has 2 aromatic rings. The number of nitrogens with zero attached hydrogens (tertiary/aromatic N) is 2. The van der Waals surface area contributed by atoms with Gasteiger partial charge in [-0.25, -0.2) is 4.99 Å². The van der Waals surface area contributed by atoms with Gasteiger partial charge in [-0.2, -0.15) is 0 Å². The van der Waals surface area contributed by atoms with E-state index in [1.54, 1.807) is 4.90 Å². The van der Waals surface area contributed by atoms with Gasteiger partial charge in [-0.3, -0.25) is 14.5 Å². The smallest absolute Gasteiger partial charge is 0.251 e. The lowest BCUT2D eigenvalue weighted by molar-refractivity contribution is -0.131. The van der Waals surface area contributed by atoms with E-state index >= 15 is 0 Å². The molecule has 0 saturated heterocycles. The highest BCUT2D eigenvalue weighted by Crippen LogP contribution is 2.43. The minimum absolute atomic E-state index is 0.00552. The summed E-state index contributed by atoms with van der Waals surface area (Å²) < 4.78 is 6.16. The minimum atomic E-state index is -0.933. The van der Waals surface area contributed by atoms with Gasteiger partial charge in [-0.05, 0) is 93.3 Å². The Morgan fingerprint density at radius 2 is 1.95 bits per heavy atom. The summed E-state index contributed by atoms with van der Waals surface area (Å²) in [6.07, 6.45) is 5.19.